The lowest BCUT2D eigenvalue weighted by Crippen LogP contribution is -2.59. The highest BCUT2D eigenvalue weighted by atomic mass is 16.5. The quantitative estimate of drug-likeness (QED) is 0.0974. The van der Waals surface area contributed by atoms with Crippen LogP contribution in [0, 0.1) is 5.92 Å². The van der Waals surface area contributed by atoms with E-state index in [2.05, 4.69) is 64.8 Å². The number of phenolic OH excluding ortho intramolecular Hbond substituents is 2. The minimum absolute atomic E-state index is 0.107. The van der Waals surface area contributed by atoms with Crippen LogP contribution in [0.2, 0.25) is 0 Å². The van der Waals surface area contributed by atoms with Crippen LogP contribution in [0.4, 0.5) is 0 Å². The van der Waals surface area contributed by atoms with Crippen molar-refractivity contribution < 1.29 is 29.5 Å². The summed E-state index contributed by atoms with van der Waals surface area (Å²) in [5.74, 6) is 2.09. The molecule has 1 saturated heterocycles. The second-order valence-electron chi connectivity index (χ2n) is 19.7. The lowest BCUT2D eigenvalue weighted by molar-refractivity contribution is -0.166. The summed E-state index contributed by atoms with van der Waals surface area (Å²) >= 11 is 0. The Morgan fingerprint density at radius 1 is 0.815 bits per heavy atom. The molecule has 1 spiro atoms. The van der Waals surface area contributed by atoms with Crippen LogP contribution in [-0.4, -0.2) is 57.1 Å². The molecular weight excluding hydrogens is 811 g/mol. The number of rotatable bonds is 8. The Kier molecular flexibility index (Phi) is 12.8. The van der Waals surface area contributed by atoms with Gasteiger partial charge in [-0.3, -0.25) is 0 Å². The Labute approximate surface area is 384 Å². The van der Waals surface area contributed by atoms with Crippen LogP contribution in [0.25, 0.3) is 16.6 Å². The van der Waals surface area contributed by atoms with Gasteiger partial charge in [0.15, 0.2) is 11.5 Å². The van der Waals surface area contributed by atoms with Crippen LogP contribution >= 0.6 is 0 Å². The average Bonchev–Trinajstić information content (AvgIpc) is 3.76. The lowest BCUT2D eigenvalue weighted by atomic mass is 9.51. The van der Waals surface area contributed by atoms with Crippen molar-refractivity contribution in [1.82, 2.24) is 9.88 Å². The van der Waals surface area contributed by atoms with Crippen molar-refractivity contribution in [3.63, 3.8) is 0 Å². The Morgan fingerprint density at radius 2 is 1.66 bits per heavy atom. The number of unbranched alkanes of at least 4 members (excludes halogenated alkanes) is 3. The summed E-state index contributed by atoms with van der Waals surface area (Å²) < 4.78 is 22.7. The highest BCUT2D eigenvalue weighted by Gasteiger charge is 2.58. The first-order chi connectivity index (χ1) is 31.8. The Hall–Kier alpha value is -5.06. The summed E-state index contributed by atoms with van der Waals surface area (Å²) in [6, 6.07) is 27.1. The topological polar surface area (TPSA) is 131 Å². The third-order valence-electron chi connectivity index (χ3n) is 15.6. The molecule has 5 aliphatic rings. The van der Waals surface area contributed by atoms with Gasteiger partial charge in [0, 0.05) is 46.7 Å². The molecule has 1 aromatic heterocycles. The van der Waals surface area contributed by atoms with E-state index in [9.17, 15) is 15.3 Å². The van der Waals surface area contributed by atoms with Crippen molar-refractivity contribution >= 4 is 16.6 Å². The predicted molar refractivity (Wildman–Crippen MR) is 257 cm³/mol. The number of aliphatic hydroxyl groups excluding tert-OH is 1. The number of aliphatic hydroxyl groups is 1. The fourth-order valence-corrected chi connectivity index (χ4v) is 12.3. The number of nitrogens with zero attached hydrogens (tertiary/aromatic N) is 1. The van der Waals surface area contributed by atoms with Gasteiger partial charge in [-0.05, 0) is 140 Å². The zero-order valence-electron chi connectivity index (χ0n) is 37.9. The molecule has 9 nitrogen and oxygen atoms in total. The van der Waals surface area contributed by atoms with Crippen molar-refractivity contribution in [3.8, 4) is 17.2 Å². The second-order valence-corrected chi connectivity index (χ2v) is 19.7. The molecule has 6 N–H and O–H groups in total. The number of nitrogens with two attached hydrogens (primary N) is 1. The van der Waals surface area contributed by atoms with E-state index in [1.54, 1.807) is 18.2 Å². The van der Waals surface area contributed by atoms with Gasteiger partial charge in [0.1, 0.15) is 18.2 Å². The molecule has 342 valence electrons. The number of aryl methyl sites for hydroxylation is 3. The van der Waals surface area contributed by atoms with Gasteiger partial charge in [0.05, 0.1) is 30.6 Å². The standard InChI is InChI=1S/C56H67N3O6/c57-53-25-19-41-36-63-47(12-5-2-1-4-10-38-14-20-45(60)21-15-38)33-46(61)22-16-39-17-23-50(62)51(30-39)64-37-43-32-44(31-42-34-59(35-48(42)43)54(41)58-53)56-28-29-65-55(26-8-3-9-27-55)52(56)24-18-40-11-6-7-13-49(40)56/h6-7,11,13-15,17,19-21,23,25,30-32,34-35,46-47,52-53,58,60-62H,1-5,8-10,12,16,18,22,24,26-29,33,36-37,57H2. The highest BCUT2D eigenvalue weighted by Crippen LogP contribution is 2.59. The van der Waals surface area contributed by atoms with E-state index in [0.29, 0.717) is 43.3 Å². The number of fused-ring (bicyclic) bond motifs is 8. The number of dihydropyridines is 1. The smallest absolute Gasteiger partial charge is 0.161 e. The van der Waals surface area contributed by atoms with Gasteiger partial charge < -0.3 is 45.1 Å². The summed E-state index contributed by atoms with van der Waals surface area (Å²) in [5.41, 5.74) is 14.8. The van der Waals surface area contributed by atoms with Gasteiger partial charge in [-0.2, -0.15) is 0 Å². The maximum atomic E-state index is 11.5. The SMILES string of the molecule is NC1C=CC2=C(N1)n1cc3cc(C45CCOC6(CCCCC6)C4CCc4ccccc45)cc(c3c1)COc1cc(ccc1O)CCC(O)CC(CCCCCCc1ccc(O)cc1)OC2. The van der Waals surface area contributed by atoms with Crippen LogP contribution in [0.1, 0.15) is 123 Å². The Balaban J connectivity index is 1.01. The summed E-state index contributed by atoms with van der Waals surface area (Å²) in [5, 5.41) is 38.1. The zero-order chi connectivity index (χ0) is 44.4. The second kappa shape index (κ2) is 19.0. The predicted octanol–water partition coefficient (Wildman–Crippen LogP) is 10.5. The van der Waals surface area contributed by atoms with Crippen LogP contribution < -0.4 is 15.8 Å². The monoisotopic (exact) mass is 878 g/mol. The minimum Gasteiger partial charge on any atom is -0.508 e. The number of aromatic hydroxyl groups is 2. The Bertz CT molecular complexity index is 2510. The van der Waals surface area contributed by atoms with Crippen molar-refractivity contribution in [2.24, 2.45) is 11.7 Å². The summed E-state index contributed by atoms with van der Waals surface area (Å²) in [6.07, 6.45) is 24.4. The van der Waals surface area contributed by atoms with Gasteiger partial charge in [-0.25, -0.2) is 0 Å². The molecule has 2 aliphatic carbocycles. The van der Waals surface area contributed by atoms with Gasteiger partial charge >= 0.3 is 0 Å². The van der Waals surface area contributed by atoms with Crippen molar-refractivity contribution in [1.29, 1.82) is 0 Å². The van der Waals surface area contributed by atoms with Crippen LogP contribution in [0.15, 0.2) is 109 Å². The first kappa shape index (κ1) is 43.8. The molecular formula is C56H67N3O6. The maximum absolute atomic E-state index is 11.5. The minimum atomic E-state index is -0.554. The molecule has 2 fully saturated rings. The van der Waals surface area contributed by atoms with E-state index < -0.39 is 6.10 Å². The highest BCUT2D eigenvalue weighted by molar-refractivity contribution is 5.88. The molecule has 4 heterocycles. The maximum Gasteiger partial charge on any atom is 0.161 e. The van der Waals surface area contributed by atoms with Crippen molar-refractivity contribution in [3.05, 3.63) is 142 Å². The first-order valence-corrected chi connectivity index (χ1v) is 24.6. The molecule has 3 aliphatic heterocycles. The number of aromatic nitrogens is 1. The van der Waals surface area contributed by atoms with Gasteiger partial charge in [-0.1, -0.05) is 93.1 Å². The molecule has 10 rings (SSSR count). The Morgan fingerprint density at radius 3 is 2.54 bits per heavy atom. The third-order valence-corrected chi connectivity index (χ3v) is 15.6. The molecule has 5 aromatic rings. The molecule has 0 amide bonds. The van der Waals surface area contributed by atoms with Gasteiger partial charge in [0.2, 0.25) is 0 Å². The number of nitrogens with one attached hydrogen (secondary N) is 1. The first-order valence-electron chi connectivity index (χ1n) is 24.6. The zero-order valence-corrected chi connectivity index (χ0v) is 37.9. The fourth-order valence-electron chi connectivity index (χ4n) is 12.3. The third kappa shape index (κ3) is 9.10. The average molecular weight is 878 g/mol. The molecule has 9 heteroatoms. The fraction of sp³-hybridized carbons (Fsp3) is 0.464. The molecule has 5 unspecified atom stereocenters. The number of hydrogen-bond acceptors (Lipinski definition) is 8. The van der Waals surface area contributed by atoms with E-state index >= 15 is 0 Å². The number of ether oxygens (including phenoxy) is 3. The molecule has 4 aromatic carbocycles. The van der Waals surface area contributed by atoms with E-state index in [1.165, 1.54) is 41.5 Å². The lowest BCUT2D eigenvalue weighted by Gasteiger charge is -2.59. The number of benzene rings is 4. The van der Waals surface area contributed by atoms with E-state index in [0.717, 1.165) is 111 Å². The van der Waals surface area contributed by atoms with Gasteiger partial charge in [-0.15, -0.1) is 0 Å². The van der Waals surface area contributed by atoms with E-state index in [1.807, 2.05) is 30.3 Å². The van der Waals surface area contributed by atoms with Crippen molar-refractivity contribution in [2.75, 3.05) is 13.2 Å². The molecule has 0 radical (unpaired) electrons. The summed E-state index contributed by atoms with van der Waals surface area (Å²) in [7, 11) is 0. The molecule has 65 heavy (non-hydrogen) atoms. The van der Waals surface area contributed by atoms with E-state index in [-0.39, 0.29) is 35.6 Å². The molecule has 4 bridgehead atoms. The van der Waals surface area contributed by atoms with Crippen LogP contribution in [-0.2, 0) is 40.8 Å². The molecule has 5 atom stereocenters. The van der Waals surface area contributed by atoms with Crippen LogP contribution in [0.5, 0.6) is 17.2 Å². The number of phenols is 2. The van der Waals surface area contributed by atoms with Crippen LogP contribution in [0.3, 0.4) is 0 Å². The largest absolute Gasteiger partial charge is 0.508 e. The summed E-state index contributed by atoms with van der Waals surface area (Å²) in [4.78, 5) is 0. The normalized spacial score (nSPS) is 25.5. The van der Waals surface area contributed by atoms with E-state index in [4.69, 9.17) is 19.9 Å². The molecule has 1 saturated carbocycles. The van der Waals surface area contributed by atoms with Gasteiger partial charge in [0.25, 0.3) is 0 Å². The van der Waals surface area contributed by atoms with Crippen molar-refractivity contribution in [2.45, 2.75) is 145 Å². The summed E-state index contributed by atoms with van der Waals surface area (Å²) in [6.45, 7) is 1.39. The number of hydrogen-bond donors (Lipinski definition) is 5.